The van der Waals surface area contributed by atoms with Gasteiger partial charge >= 0.3 is 0 Å². The van der Waals surface area contributed by atoms with E-state index in [1.54, 1.807) is 22.3 Å². The Morgan fingerprint density at radius 2 is 0.620 bits per heavy atom. The van der Waals surface area contributed by atoms with E-state index in [9.17, 15) is 0 Å². The van der Waals surface area contributed by atoms with Gasteiger partial charge in [0.2, 0.25) is 0 Å². The van der Waals surface area contributed by atoms with Crippen molar-refractivity contribution in [1.82, 2.24) is 9.97 Å². The summed E-state index contributed by atoms with van der Waals surface area (Å²) >= 11 is 0. The van der Waals surface area contributed by atoms with Gasteiger partial charge in [0.25, 0.3) is 0 Å². The number of rotatable bonds is 4. The van der Waals surface area contributed by atoms with E-state index in [0.717, 1.165) is 53.0 Å². The maximum absolute atomic E-state index is 5.05. The van der Waals surface area contributed by atoms with Crippen LogP contribution < -0.4 is 0 Å². The number of pyridine rings is 2. The van der Waals surface area contributed by atoms with E-state index in [1.807, 2.05) is 12.4 Å². The van der Waals surface area contributed by atoms with Crippen molar-refractivity contribution in [3.8, 4) is 66.9 Å². The molecule has 440 valence electrons. The zero-order valence-electron chi connectivity index (χ0n) is 51.8. The van der Waals surface area contributed by atoms with Crippen LogP contribution in [0.1, 0.15) is 86.5 Å². The van der Waals surface area contributed by atoms with Gasteiger partial charge in [-0.3, -0.25) is 9.97 Å². The molecule has 2 heterocycles. The van der Waals surface area contributed by atoms with E-state index >= 15 is 0 Å². The average Bonchev–Trinajstić information content (AvgIpc) is 1.48. The molecule has 0 amide bonds. The van der Waals surface area contributed by atoms with Gasteiger partial charge < -0.3 is 0 Å². The van der Waals surface area contributed by atoms with Crippen LogP contribution in [0, 0.1) is 47.3 Å². The van der Waals surface area contributed by atoms with Crippen LogP contribution in [0.3, 0.4) is 0 Å². The first-order valence-corrected chi connectivity index (χ1v) is 34.6. The molecule has 14 aromatic rings. The number of hydrogen-bond donors (Lipinski definition) is 0. The summed E-state index contributed by atoms with van der Waals surface area (Å²) in [5.41, 5.74) is 23.0. The molecule has 92 heavy (non-hydrogen) atoms. The Kier molecular flexibility index (Phi) is 11.1. The quantitative estimate of drug-likeness (QED) is 0.164. The SMILES string of the molecule is c1ccc2c(c1)-c1ccc(-c3c4ccccc4c(-c4cncc5ccccc45)c4ccccc34)cc1C21C2CC3CC(C2)CC1C3.c1ccc2c(c1)-c1ccc(-c3c4ccccc4c(-c4nccc5ccccc45)c4ccccc34)cc1C21C2CC3CC(C2)CC1C3. The van der Waals surface area contributed by atoms with Crippen LogP contribution in [0.15, 0.2) is 255 Å². The Morgan fingerprint density at radius 3 is 1.08 bits per heavy atom. The minimum absolute atomic E-state index is 0.160. The van der Waals surface area contributed by atoms with Crippen LogP contribution >= 0.6 is 0 Å². The monoisotopic (exact) mass is 1180 g/mol. The van der Waals surface area contributed by atoms with Gasteiger partial charge in [0.1, 0.15) is 0 Å². The van der Waals surface area contributed by atoms with E-state index in [2.05, 4.69) is 243 Å². The highest BCUT2D eigenvalue weighted by molar-refractivity contribution is 6.25. The summed E-state index contributed by atoms with van der Waals surface area (Å²) in [5, 5.41) is 15.2. The van der Waals surface area contributed by atoms with Crippen LogP contribution in [0.4, 0.5) is 0 Å². The molecule has 8 bridgehead atoms. The van der Waals surface area contributed by atoms with Crippen LogP contribution in [0.5, 0.6) is 0 Å². The second kappa shape index (κ2) is 19.5. The minimum Gasteiger partial charge on any atom is -0.263 e. The molecular formula is C90H70N2. The molecular weight excluding hydrogens is 1110 g/mol. The topological polar surface area (TPSA) is 25.8 Å². The average molecular weight is 1180 g/mol. The number of nitrogens with zero attached hydrogens (tertiary/aromatic N) is 2. The lowest BCUT2D eigenvalue weighted by atomic mass is 9.43. The van der Waals surface area contributed by atoms with Crippen LogP contribution in [0.25, 0.3) is 132 Å². The molecule has 2 aromatic heterocycles. The van der Waals surface area contributed by atoms with Gasteiger partial charge in [-0.15, -0.1) is 0 Å². The molecule has 2 nitrogen and oxygen atoms in total. The molecule has 0 N–H and O–H groups in total. The summed E-state index contributed by atoms with van der Waals surface area (Å²) < 4.78 is 0. The molecule has 0 saturated heterocycles. The molecule has 8 fully saturated rings. The van der Waals surface area contributed by atoms with E-state index in [1.165, 1.54) is 190 Å². The zero-order valence-corrected chi connectivity index (χ0v) is 51.8. The number of fused-ring (bicyclic) bond motifs is 12. The molecule has 0 radical (unpaired) electrons. The Labute approximate surface area is 538 Å². The van der Waals surface area contributed by atoms with Gasteiger partial charge in [-0.1, -0.05) is 218 Å². The molecule has 2 spiro atoms. The standard InChI is InChI=1S/2C45H35N/c1-2-10-33-30(9-1)25-46-26-40(33)44-38-14-5-3-12-36(38)43(37-13-4-6-15-39(37)44)29-17-18-35-34-11-7-8-16-41(34)45(42(35)24-29)31-20-27-19-28(22-31)23-32(45)21-27;1-2-10-33-29(9-1)19-20-46-44(33)43-38-14-5-3-12-36(38)42(37-13-4-6-15-39(37)43)30-17-18-35-34-11-7-8-16-40(34)45(41(35)26-30)31-22-27-21-28(24-31)25-32(45)23-27/h1-18,24-28,31-32H,19-23H2;1-20,26-28,31-32H,21-25H2. The van der Waals surface area contributed by atoms with E-state index in [0.29, 0.717) is 0 Å². The van der Waals surface area contributed by atoms with Crippen LogP contribution in [-0.2, 0) is 10.8 Å². The summed E-state index contributed by atoms with van der Waals surface area (Å²) in [6.45, 7) is 0. The lowest BCUT2D eigenvalue weighted by molar-refractivity contribution is -0.0399. The van der Waals surface area contributed by atoms with Crippen molar-refractivity contribution in [3.05, 3.63) is 277 Å². The maximum Gasteiger partial charge on any atom is 0.0792 e. The van der Waals surface area contributed by atoms with Gasteiger partial charge in [-0.2, -0.15) is 0 Å². The molecule has 0 atom stereocenters. The van der Waals surface area contributed by atoms with Crippen molar-refractivity contribution in [2.75, 3.05) is 0 Å². The first kappa shape index (κ1) is 52.2. The second-order valence-electron chi connectivity index (χ2n) is 29.4. The Balaban J connectivity index is 0.000000124. The minimum atomic E-state index is 0.160. The van der Waals surface area contributed by atoms with Gasteiger partial charge in [0.15, 0.2) is 0 Å². The van der Waals surface area contributed by atoms with E-state index in [-0.39, 0.29) is 10.8 Å². The van der Waals surface area contributed by atoms with Crippen LogP contribution in [-0.4, -0.2) is 9.97 Å². The van der Waals surface area contributed by atoms with E-state index in [4.69, 9.17) is 9.97 Å². The first-order valence-electron chi connectivity index (χ1n) is 34.6. The third kappa shape index (κ3) is 7.06. The molecule has 10 aliphatic carbocycles. The smallest absolute Gasteiger partial charge is 0.0792 e. The van der Waals surface area contributed by atoms with Crippen molar-refractivity contribution in [1.29, 1.82) is 0 Å². The second-order valence-corrected chi connectivity index (χ2v) is 29.4. The third-order valence-corrected chi connectivity index (χ3v) is 25.4. The molecule has 24 rings (SSSR count). The fraction of sp³-hybridized carbons (Fsp3) is 0.222. The molecule has 8 saturated carbocycles. The van der Waals surface area contributed by atoms with Gasteiger partial charge in [0.05, 0.1) is 5.69 Å². The van der Waals surface area contributed by atoms with Gasteiger partial charge in [-0.25, -0.2) is 0 Å². The van der Waals surface area contributed by atoms with Crippen molar-refractivity contribution >= 4 is 64.6 Å². The molecule has 2 heteroatoms. The lowest BCUT2D eigenvalue weighted by Crippen LogP contribution is -2.55. The zero-order chi connectivity index (χ0) is 60.0. The fourth-order valence-corrected chi connectivity index (χ4v) is 22.7. The highest BCUT2D eigenvalue weighted by Crippen LogP contribution is 2.71. The Morgan fingerprint density at radius 1 is 0.261 bits per heavy atom. The highest BCUT2D eigenvalue weighted by atomic mass is 14.7. The lowest BCUT2D eigenvalue weighted by Gasteiger charge is -2.61. The number of benzene rings is 12. The van der Waals surface area contributed by atoms with Crippen molar-refractivity contribution < 1.29 is 0 Å². The predicted octanol–water partition coefficient (Wildman–Crippen LogP) is 23.2. The van der Waals surface area contributed by atoms with E-state index < -0.39 is 0 Å². The van der Waals surface area contributed by atoms with Gasteiger partial charge in [0, 0.05) is 51.3 Å². The summed E-state index contributed by atoms with van der Waals surface area (Å²) in [5.74, 6) is 6.80. The van der Waals surface area contributed by atoms with Crippen LogP contribution in [0.2, 0.25) is 0 Å². The number of hydrogen-bond acceptors (Lipinski definition) is 2. The van der Waals surface area contributed by atoms with Crippen molar-refractivity contribution in [2.45, 2.75) is 75.0 Å². The molecule has 0 unspecified atom stereocenters. The van der Waals surface area contributed by atoms with Crippen molar-refractivity contribution in [2.24, 2.45) is 47.3 Å². The Bertz CT molecular complexity index is 4950. The summed E-state index contributed by atoms with van der Waals surface area (Å²) in [7, 11) is 0. The largest absolute Gasteiger partial charge is 0.263 e. The molecule has 10 aliphatic rings. The maximum atomic E-state index is 5.05. The molecule has 12 aromatic carbocycles. The number of aromatic nitrogens is 2. The molecule has 0 aliphatic heterocycles. The predicted molar refractivity (Wildman–Crippen MR) is 382 cm³/mol. The summed E-state index contributed by atoms with van der Waals surface area (Å²) in [6, 6.07) is 89.8. The Hall–Kier alpha value is -9.50. The summed E-state index contributed by atoms with van der Waals surface area (Å²) in [6.07, 6.45) is 20.2. The normalized spacial score (nSPS) is 25.5. The van der Waals surface area contributed by atoms with Crippen molar-refractivity contribution in [3.63, 3.8) is 0 Å². The summed E-state index contributed by atoms with van der Waals surface area (Å²) in [4.78, 5) is 9.78. The fourth-order valence-electron chi connectivity index (χ4n) is 22.7. The van der Waals surface area contributed by atoms with Gasteiger partial charge in [-0.05, 0) is 256 Å². The highest BCUT2D eigenvalue weighted by Gasteiger charge is 2.63. The third-order valence-electron chi connectivity index (χ3n) is 25.4. The first-order chi connectivity index (χ1) is 45.6.